The van der Waals surface area contributed by atoms with Gasteiger partial charge in [-0.25, -0.2) is 4.98 Å². The molecule has 0 aromatic carbocycles. The molecule has 0 radical (unpaired) electrons. The van der Waals surface area contributed by atoms with Crippen LogP contribution in [0.5, 0.6) is 0 Å². The van der Waals surface area contributed by atoms with E-state index in [9.17, 15) is 9.90 Å². The number of hydrogen-bond donors (Lipinski definition) is 4. The van der Waals surface area contributed by atoms with Crippen LogP contribution < -0.4 is 11.1 Å². The number of carbonyl (C=O) groups excluding carboxylic acids is 1. The normalized spacial score (nSPS) is 37.0. The molecule has 2 atom stereocenters. The lowest BCUT2D eigenvalue weighted by molar-refractivity contribution is -0.129. The topological polar surface area (TPSA) is 104 Å². The molecule has 4 bridgehead atoms. The number of nitrogens with two attached hydrogens (primary N) is 1. The summed E-state index contributed by atoms with van der Waals surface area (Å²) in [5, 5.41) is 15.3. The number of anilines is 1. The molecule has 6 nitrogen and oxygen atoms in total. The van der Waals surface area contributed by atoms with E-state index in [1.54, 1.807) is 6.20 Å². The molecule has 0 spiro atoms. The lowest BCUT2D eigenvalue weighted by atomic mass is 9.52. The summed E-state index contributed by atoms with van der Waals surface area (Å²) in [6.07, 6.45) is 8.42. The Kier molecular flexibility index (Phi) is 2.81. The molecule has 4 aliphatic carbocycles. The monoisotopic (exact) mass is 326 g/mol. The molecule has 0 aliphatic heterocycles. The first-order valence-corrected chi connectivity index (χ1v) is 8.77. The molecule has 126 valence electrons. The van der Waals surface area contributed by atoms with Crippen molar-refractivity contribution >= 4 is 22.6 Å². The Labute approximate surface area is 139 Å². The van der Waals surface area contributed by atoms with Crippen molar-refractivity contribution in [1.29, 1.82) is 0 Å². The number of aromatic nitrogens is 2. The number of nitrogens with zero attached hydrogens (tertiary/aromatic N) is 1. The molecular formula is C18H22N4O2. The van der Waals surface area contributed by atoms with Crippen LogP contribution in [0.4, 0.5) is 5.69 Å². The number of aromatic amines is 1. The van der Waals surface area contributed by atoms with Crippen molar-refractivity contribution in [2.45, 2.75) is 43.7 Å². The summed E-state index contributed by atoms with van der Waals surface area (Å²) in [5.74, 6) is 1.12. The Balaban J connectivity index is 1.54. The quantitative estimate of drug-likeness (QED) is 0.692. The molecule has 24 heavy (non-hydrogen) atoms. The van der Waals surface area contributed by atoms with Gasteiger partial charge in [-0.05, 0) is 55.9 Å². The first-order chi connectivity index (χ1) is 11.5. The van der Waals surface area contributed by atoms with E-state index in [4.69, 9.17) is 5.73 Å². The van der Waals surface area contributed by atoms with Gasteiger partial charge in [-0.1, -0.05) is 0 Å². The SMILES string of the molecule is NC(=O)c1cnc2[nH]ccc2c1N[C@H]1C2CC3CC1C[C@](O)(C3)C2. The third-order valence-electron chi connectivity index (χ3n) is 6.40. The predicted molar refractivity (Wildman–Crippen MR) is 90.5 cm³/mol. The first kappa shape index (κ1) is 14.3. The molecule has 4 saturated carbocycles. The van der Waals surface area contributed by atoms with Gasteiger partial charge in [-0.3, -0.25) is 4.79 Å². The van der Waals surface area contributed by atoms with Crippen molar-refractivity contribution in [3.8, 4) is 0 Å². The smallest absolute Gasteiger partial charge is 0.252 e. The summed E-state index contributed by atoms with van der Waals surface area (Å²) < 4.78 is 0. The van der Waals surface area contributed by atoms with Gasteiger partial charge in [0.15, 0.2) is 0 Å². The minimum Gasteiger partial charge on any atom is -0.390 e. The highest BCUT2D eigenvalue weighted by Gasteiger charge is 2.54. The molecule has 1 amide bonds. The number of amides is 1. The number of primary amides is 1. The molecule has 0 saturated heterocycles. The average molecular weight is 326 g/mol. The number of rotatable bonds is 3. The number of nitrogens with one attached hydrogen (secondary N) is 2. The minimum atomic E-state index is -0.462. The predicted octanol–water partition coefficient (Wildman–Crippen LogP) is 2.01. The van der Waals surface area contributed by atoms with Crippen LogP contribution in [0.15, 0.2) is 18.5 Å². The lowest BCUT2D eigenvalue weighted by Gasteiger charge is -2.58. The van der Waals surface area contributed by atoms with Crippen LogP contribution in [0, 0.1) is 17.8 Å². The highest BCUT2D eigenvalue weighted by Crippen LogP contribution is 2.56. The highest BCUT2D eigenvalue weighted by molar-refractivity contribution is 6.06. The van der Waals surface area contributed by atoms with Crippen LogP contribution in [0.3, 0.4) is 0 Å². The second-order valence-electron chi connectivity index (χ2n) is 8.02. The van der Waals surface area contributed by atoms with E-state index in [1.807, 2.05) is 12.3 Å². The molecule has 6 heteroatoms. The fraction of sp³-hybridized carbons (Fsp3) is 0.556. The van der Waals surface area contributed by atoms with Crippen molar-refractivity contribution in [2.24, 2.45) is 23.5 Å². The van der Waals surface area contributed by atoms with E-state index in [1.165, 1.54) is 12.8 Å². The first-order valence-electron chi connectivity index (χ1n) is 8.77. The van der Waals surface area contributed by atoms with Crippen LogP contribution in [-0.2, 0) is 0 Å². The van der Waals surface area contributed by atoms with Gasteiger partial charge in [0, 0.05) is 23.8 Å². The average Bonchev–Trinajstić information content (AvgIpc) is 2.97. The molecular weight excluding hydrogens is 304 g/mol. The maximum atomic E-state index is 11.9. The van der Waals surface area contributed by atoms with Crippen LogP contribution in [0.1, 0.15) is 42.5 Å². The third kappa shape index (κ3) is 1.99. The van der Waals surface area contributed by atoms with Crippen LogP contribution >= 0.6 is 0 Å². The number of hydrogen-bond acceptors (Lipinski definition) is 4. The highest BCUT2D eigenvalue weighted by atomic mass is 16.3. The Morgan fingerprint density at radius 3 is 2.75 bits per heavy atom. The summed E-state index contributed by atoms with van der Waals surface area (Å²) in [7, 11) is 0. The van der Waals surface area contributed by atoms with Crippen molar-refractivity contribution in [3.05, 3.63) is 24.0 Å². The Bertz CT molecular complexity index is 814. The van der Waals surface area contributed by atoms with Crippen molar-refractivity contribution in [2.75, 3.05) is 5.32 Å². The van der Waals surface area contributed by atoms with Gasteiger partial charge in [-0.2, -0.15) is 0 Å². The fourth-order valence-electron chi connectivity index (χ4n) is 5.73. The van der Waals surface area contributed by atoms with E-state index in [-0.39, 0.29) is 0 Å². The van der Waals surface area contributed by atoms with Gasteiger partial charge in [0.2, 0.25) is 0 Å². The number of H-pyrrole nitrogens is 1. The van der Waals surface area contributed by atoms with Gasteiger partial charge in [-0.15, -0.1) is 0 Å². The second kappa shape index (κ2) is 4.72. The van der Waals surface area contributed by atoms with Crippen LogP contribution in [-0.4, -0.2) is 32.6 Å². The molecule has 2 aromatic heterocycles. The lowest BCUT2D eigenvalue weighted by Crippen LogP contribution is -2.59. The molecule has 2 heterocycles. The van der Waals surface area contributed by atoms with E-state index in [2.05, 4.69) is 15.3 Å². The largest absolute Gasteiger partial charge is 0.390 e. The Morgan fingerprint density at radius 2 is 2.08 bits per heavy atom. The van der Waals surface area contributed by atoms with Gasteiger partial charge >= 0.3 is 0 Å². The van der Waals surface area contributed by atoms with E-state index in [0.29, 0.717) is 29.4 Å². The minimum absolute atomic E-state index is 0.292. The van der Waals surface area contributed by atoms with Crippen molar-refractivity contribution < 1.29 is 9.90 Å². The third-order valence-corrected chi connectivity index (χ3v) is 6.40. The van der Waals surface area contributed by atoms with Gasteiger partial charge in [0.05, 0.1) is 16.9 Å². The Morgan fingerprint density at radius 1 is 1.33 bits per heavy atom. The molecule has 4 fully saturated rings. The van der Waals surface area contributed by atoms with Crippen LogP contribution in [0.25, 0.3) is 11.0 Å². The zero-order valence-electron chi connectivity index (χ0n) is 13.5. The van der Waals surface area contributed by atoms with E-state index >= 15 is 0 Å². The Hall–Kier alpha value is -2.08. The van der Waals surface area contributed by atoms with Gasteiger partial charge < -0.3 is 21.1 Å². The number of fused-ring (bicyclic) bond motifs is 1. The fourth-order valence-corrected chi connectivity index (χ4v) is 5.73. The summed E-state index contributed by atoms with van der Waals surface area (Å²) in [6.45, 7) is 0. The van der Waals surface area contributed by atoms with Crippen molar-refractivity contribution in [1.82, 2.24) is 9.97 Å². The molecule has 6 rings (SSSR count). The summed E-state index contributed by atoms with van der Waals surface area (Å²) >= 11 is 0. The molecule has 5 N–H and O–H groups in total. The maximum Gasteiger partial charge on any atom is 0.252 e. The van der Waals surface area contributed by atoms with Gasteiger partial charge in [0.1, 0.15) is 5.65 Å². The molecule has 2 unspecified atom stereocenters. The van der Waals surface area contributed by atoms with Crippen molar-refractivity contribution in [3.63, 3.8) is 0 Å². The standard InChI is InChI=1S/C18H22N4O2/c19-16(23)13-8-21-17-12(1-2-20-17)15(13)22-14-10-3-9-4-11(14)7-18(24,5-9)6-10/h1-2,8-11,14,24H,3-7H2,(H2,19,23)(H2,20,21,22)/t9?,10?,11?,14-,18-. The second-order valence-corrected chi connectivity index (χ2v) is 8.02. The van der Waals surface area contributed by atoms with E-state index in [0.717, 1.165) is 36.0 Å². The molecule has 2 aromatic rings. The zero-order valence-corrected chi connectivity index (χ0v) is 13.5. The van der Waals surface area contributed by atoms with Gasteiger partial charge in [0.25, 0.3) is 5.91 Å². The van der Waals surface area contributed by atoms with Crippen LogP contribution in [0.2, 0.25) is 0 Å². The summed E-state index contributed by atoms with van der Waals surface area (Å²) in [6, 6.07) is 2.22. The van der Waals surface area contributed by atoms with E-state index < -0.39 is 11.5 Å². The number of carbonyl (C=O) groups is 1. The summed E-state index contributed by atoms with van der Waals surface area (Å²) in [4.78, 5) is 19.3. The number of aliphatic hydroxyl groups is 1. The number of pyridine rings is 1. The summed E-state index contributed by atoms with van der Waals surface area (Å²) in [5.41, 5.74) is 7.10. The maximum absolute atomic E-state index is 11.9. The molecule has 4 aliphatic rings. The zero-order chi connectivity index (χ0) is 16.5.